The quantitative estimate of drug-likeness (QED) is 0.828. The normalized spacial score (nSPS) is 16.3. The topological polar surface area (TPSA) is 39.5 Å². The molecule has 1 aliphatic rings. The van der Waals surface area contributed by atoms with Crippen molar-refractivity contribution >= 4 is 11.6 Å². The minimum Gasteiger partial charge on any atom is -0.493 e. The molecule has 3 rings (SSSR count). The van der Waals surface area contributed by atoms with Crippen LogP contribution in [0.15, 0.2) is 24.4 Å². The first-order chi connectivity index (χ1) is 11.6. The van der Waals surface area contributed by atoms with E-state index in [1.165, 1.54) is 5.69 Å². The van der Waals surface area contributed by atoms with Crippen LogP contribution in [0.25, 0.3) is 0 Å². The molecule has 1 aromatic carbocycles. The maximum Gasteiger partial charge on any atom is 0.179 e. The van der Waals surface area contributed by atoms with E-state index in [1.807, 2.05) is 30.1 Å². The average molecular weight is 350 g/mol. The standard InChI is InChI=1S/C18H24ClN3O2/c1-21-15(6-9-20-21)13-7-10-22(11-8-13)12-14-4-5-16(23-2)18(24-3)17(14)19/h4-6,9,13H,7-8,10-12H2,1-3H3. The molecular weight excluding hydrogens is 326 g/mol. The molecule has 1 fully saturated rings. The summed E-state index contributed by atoms with van der Waals surface area (Å²) in [5.41, 5.74) is 2.41. The second-order valence-electron chi connectivity index (χ2n) is 6.20. The number of aryl methyl sites for hydroxylation is 1. The second-order valence-corrected chi connectivity index (χ2v) is 6.58. The van der Waals surface area contributed by atoms with Crippen LogP contribution in [-0.4, -0.2) is 42.0 Å². The van der Waals surface area contributed by atoms with Crippen LogP contribution in [0.5, 0.6) is 11.5 Å². The number of likely N-dealkylation sites (tertiary alicyclic amines) is 1. The molecule has 0 spiro atoms. The zero-order chi connectivity index (χ0) is 17.1. The van der Waals surface area contributed by atoms with Crippen molar-refractivity contribution in [1.29, 1.82) is 0 Å². The molecule has 1 saturated heterocycles. The number of nitrogens with zero attached hydrogens (tertiary/aromatic N) is 3. The lowest BCUT2D eigenvalue weighted by molar-refractivity contribution is 0.201. The third-order valence-electron chi connectivity index (χ3n) is 4.82. The monoisotopic (exact) mass is 349 g/mol. The average Bonchev–Trinajstić information content (AvgIpc) is 3.03. The summed E-state index contributed by atoms with van der Waals surface area (Å²) in [6, 6.07) is 6.07. The van der Waals surface area contributed by atoms with Crippen LogP contribution in [0.4, 0.5) is 0 Å². The molecule has 5 nitrogen and oxygen atoms in total. The molecule has 0 atom stereocenters. The Morgan fingerprint density at radius 1 is 1.17 bits per heavy atom. The first-order valence-electron chi connectivity index (χ1n) is 8.23. The molecule has 6 heteroatoms. The van der Waals surface area contributed by atoms with Crippen LogP contribution in [0.2, 0.25) is 5.02 Å². The number of hydrogen-bond acceptors (Lipinski definition) is 4. The van der Waals surface area contributed by atoms with Gasteiger partial charge < -0.3 is 9.47 Å². The molecule has 2 aromatic rings. The van der Waals surface area contributed by atoms with Gasteiger partial charge in [0, 0.05) is 31.4 Å². The maximum absolute atomic E-state index is 6.50. The molecule has 0 radical (unpaired) electrons. The van der Waals surface area contributed by atoms with Crippen LogP contribution in [-0.2, 0) is 13.6 Å². The highest BCUT2D eigenvalue weighted by atomic mass is 35.5. The minimum absolute atomic E-state index is 0.592. The summed E-state index contributed by atoms with van der Waals surface area (Å²) < 4.78 is 12.7. The van der Waals surface area contributed by atoms with Gasteiger partial charge in [0.1, 0.15) is 0 Å². The van der Waals surface area contributed by atoms with Crippen molar-refractivity contribution in [2.24, 2.45) is 7.05 Å². The van der Waals surface area contributed by atoms with Crippen molar-refractivity contribution < 1.29 is 9.47 Å². The van der Waals surface area contributed by atoms with Gasteiger partial charge in [0.2, 0.25) is 0 Å². The number of ether oxygens (including phenoxy) is 2. The number of benzene rings is 1. The van der Waals surface area contributed by atoms with Gasteiger partial charge in [0.25, 0.3) is 0 Å². The van der Waals surface area contributed by atoms with E-state index >= 15 is 0 Å². The van der Waals surface area contributed by atoms with Crippen molar-refractivity contribution in [1.82, 2.24) is 14.7 Å². The summed E-state index contributed by atoms with van der Waals surface area (Å²) in [6.07, 6.45) is 4.17. The highest BCUT2D eigenvalue weighted by molar-refractivity contribution is 6.33. The Hall–Kier alpha value is -1.72. The van der Waals surface area contributed by atoms with Crippen molar-refractivity contribution in [3.05, 3.63) is 40.7 Å². The Bertz CT molecular complexity index is 694. The second kappa shape index (κ2) is 7.45. The summed E-state index contributed by atoms with van der Waals surface area (Å²) in [7, 11) is 5.26. The summed E-state index contributed by atoms with van der Waals surface area (Å²) in [4.78, 5) is 2.44. The third-order valence-corrected chi connectivity index (χ3v) is 5.24. The fourth-order valence-corrected chi connectivity index (χ4v) is 3.76. The Labute approximate surface area is 148 Å². The van der Waals surface area contributed by atoms with Gasteiger partial charge >= 0.3 is 0 Å². The molecule has 2 heterocycles. The number of hydrogen-bond donors (Lipinski definition) is 0. The lowest BCUT2D eigenvalue weighted by Gasteiger charge is -2.32. The smallest absolute Gasteiger partial charge is 0.179 e. The molecule has 1 aromatic heterocycles. The summed E-state index contributed by atoms with van der Waals surface area (Å²) in [6.45, 7) is 2.94. The van der Waals surface area contributed by atoms with Crippen LogP contribution in [0, 0.1) is 0 Å². The molecule has 0 N–H and O–H groups in total. The van der Waals surface area contributed by atoms with Crippen LogP contribution < -0.4 is 9.47 Å². The highest BCUT2D eigenvalue weighted by Gasteiger charge is 2.23. The van der Waals surface area contributed by atoms with Crippen molar-refractivity contribution in [2.45, 2.75) is 25.3 Å². The SMILES string of the molecule is COc1ccc(CN2CCC(c3ccnn3C)CC2)c(Cl)c1OC. The molecule has 24 heavy (non-hydrogen) atoms. The molecule has 1 aliphatic heterocycles. The van der Waals surface area contributed by atoms with E-state index in [9.17, 15) is 0 Å². The molecule has 0 aliphatic carbocycles. The Morgan fingerprint density at radius 3 is 2.50 bits per heavy atom. The van der Waals surface area contributed by atoms with Gasteiger partial charge in [0.05, 0.1) is 19.2 Å². The van der Waals surface area contributed by atoms with Gasteiger partial charge in [-0.15, -0.1) is 0 Å². The molecule has 0 unspecified atom stereocenters. The predicted molar refractivity (Wildman–Crippen MR) is 95.0 cm³/mol. The molecular formula is C18H24ClN3O2. The molecule has 0 amide bonds. The number of aromatic nitrogens is 2. The van der Waals surface area contributed by atoms with Gasteiger partial charge in [0.15, 0.2) is 11.5 Å². The van der Waals surface area contributed by atoms with Gasteiger partial charge in [-0.3, -0.25) is 9.58 Å². The van der Waals surface area contributed by atoms with E-state index in [2.05, 4.69) is 16.1 Å². The van der Waals surface area contributed by atoms with E-state index in [1.54, 1.807) is 14.2 Å². The van der Waals surface area contributed by atoms with Gasteiger partial charge in [-0.25, -0.2) is 0 Å². The molecule has 130 valence electrons. The van der Waals surface area contributed by atoms with E-state index in [-0.39, 0.29) is 0 Å². The molecule has 0 saturated carbocycles. The van der Waals surface area contributed by atoms with Gasteiger partial charge in [-0.05, 0) is 43.6 Å². The minimum atomic E-state index is 0.592. The fourth-order valence-electron chi connectivity index (χ4n) is 3.46. The van der Waals surface area contributed by atoms with E-state index in [4.69, 9.17) is 21.1 Å². The van der Waals surface area contributed by atoms with Crippen molar-refractivity contribution in [3.63, 3.8) is 0 Å². The first-order valence-corrected chi connectivity index (χ1v) is 8.61. The van der Waals surface area contributed by atoms with Crippen LogP contribution >= 0.6 is 11.6 Å². The number of piperidine rings is 1. The van der Waals surface area contributed by atoms with Gasteiger partial charge in [-0.1, -0.05) is 17.7 Å². The summed E-state index contributed by atoms with van der Waals surface area (Å²) >= 11 is 6.50. The zero-order valence-electron chi connectivity index (χ0n) is 14.5. The Balaban J connectivity index is 1.65. The largest absolute Gasteiger partial charge is 0.493 e. The Morgan fingerprint density at radius 2 is 1.92 bits per heavy atom. The fraction of sp³-hybridized carbons (Fsp3) is 0.500. The zero-order valence-corrected chi connectivity index (χ0v) is 15.2. The number of halogens is 1. The number of rotatable bonds is 5. The highest BCUT2D eigenvalue weighted by Crippen LogP contribution is 2.38. The lowest BCUT2D eigenvalue weighted by Crippen LogP contribution is -2.33. The van der Waals surface area contributed by atoms with Crippen LogP contribution in [0.3, 0.4) is 0 Å². The van der Waals surface area contributed by atoms with Crippen LogP contribution in [0.1, 0.15) is 30.0 Å². The first kappa shape index (κ1) is 17.1. The predicted octanol–water partition coefficient (Wildman–Crippen LogP) is 3.47. The van der Waals surface area contributed by atoms with Crippen molar-refractivity contribution in [2.75, 3.05) is 27.3 Å². The summed E-state index contributed by atoms with van der Waals surface area (Å²) in [5.74, 6) is 1.87. The van der Waals surface area contributed by atoms with Crippen molar-refractivity contribution in [3.8, 4) is 11.5 Å². The maximum atomic E-state index is 6.50. The van der Waals surface area contributed by atoms with E-state index in [0.29, 0.717) is 22.4 Å². The molecule has 0 bridgehead atoms. The lowest BCUT2D eigenvalue weighted by atomic mass is 9.93. The van der Waals surface area contributed by atoms with E-state index < -0.39 is 0 Å². The summed E-state index contributed by atoms with van der Waals surface area (Å²) in [5, 5.41) is 4.93. The van der Waals surface area contributed by atoms with E-state index in [0.717, 1.165) is 38.0 Å². The Kier molecular flexibility index (Phi) is 5.31. The third kappa shape index (κ3) is 3.37. The number of methoxy groups -OCH3 is 2. The van der Waals surface area contributed by atoms with Gasteiger partial charge in [-0.2, -0.15) is 5.10 Å².